The molecule has 0 aliphatic carbocycles. The second kappa shape index (κ2) is 5.68. The van der Waals surface area contributed by atoms with E-state index in [1.54, 1.807) is 18.3 Å². The quantitative estimate of drug-likeness (QED) is 0.807. The van der Waals surface area contributed by atoms with Crippen molar-refractivity contribution >= 4 is 37.3 Å². The molecule has 0 spiro atoms. The number of aromatic nitrogens is 1. The van der Waals surface area contributed by atoms with Crippen LogP contribution in [0.25, 0.3) is 0 Å². The Morgan fingerprint density at radius 1 is 1.38 bits per heavy atom. The highest BCUT2D eigenvalue weighted by Gasteiger charge is 2.39. The lowest BCUT2D eigenvalue weighted by Gasteiger charge is -2.37. The fourth-order valence-corrected chi connectivity index (χ4v) is 5.25. The molecule has 2 aromatic heterocycles. The number of nitrogens with zero attached hydrogens (tertiary/aromatic N) is 2. The SMILES string of the molecule is Cc1ccc(S(=O)(=O)N2CC(Oc3ncccc3Br)C2)s1. The first-order valence-electron chi connectivity index (χ1n) is 6.30. The Labute approximate surface area is 135 Å². The summed E-state index contributed by atoms with van der Waals surface area (Å²) in [5.74, 6) is 0.492. The van der Waals surface area contributed by atoms with Crippen molar-refractivity contribution in [1.82, 2.24) is 9.29 Å². The molecule has 0 bridgehead atoms. The second-order valence-corrected chi connectivity index (χ2v) is 9.02. The van der Waals surface area contributed by atoms with Crippen molar-refractivity contribution in [3.8, 4) is 5.88 Å². The van der Waals surface area contributed by atoms with E-state index in [0.717, 1.165) is 9.35 Å². The van der Waals surface area contributed by atoms with Gasteiger partial charge in [0.25, 0.3) is 10.0 Å². The van der Waals surface area contributed by atoms with Gasteiger partial charge in [-0.25, -0.2) is 13.4 Å². The Kier molecular flexibility index (Phi) is 4.04. The minimum Gasteiger partial charge on any atom is -0.471 e. The van der Waals surface area contributed by atoms with E-state index in [9.17, 15) is 8.42 Å². The molecule has 0 atom stereocenters. The van der Waals surface area contributed by atoms with Crippen LogP contribution in [0, 0.1) is 6.92 Å². The van der Waals surface area contributed by atoms with Gasteiger partial charge in [0.05, 0.1) is 17.6 Å². The standard InChI is InChI=1S/C13H13BrN2O3S2/c1-9-4-5-12(20-9)21(17,18)16-7-10(8-16)19-13-11(14)3-2-6-15-13/h2-6,10H,7-8H2,1H3. The molecule has 3 rings (SSSR count). The summed E-state index contributed by atoms with van der Waals surface area (Å²) < 4.78 is 33.0. The molecular weight excluding hydrogens is 376 g/mol. The van der Waals surface area contributed by atoms with Crippen LogP contribution in [-0.4, -0.2) is 36.9 Å². The van der Waals surface area contributed by atoms with Crippen LogP contribution in [0.1, 0.15) is 4.88 Å². The molecule has 112 valence electrons. The molecular formula is C13H13BrN2O3S2. The highest BCUT2D eigenvalue weighted by molar-refractivity contribution is 9.10. The Hall–Kier alpha value is -0.960. The summed E-state index contributed by atoms with van der Waals surface area (Å²) in [5, 5.41) is 0. The molecule has 3 heterocycles. The van der Waals surface area contributed by atoms with E-state index in [0.29, 0.717) is 23.2 Å². The van der Waals surface area contributed by atoms with E-state index in [1.807, 2.05) is 19.1 Å². The maximum absolute atomic E-state index is 12.3. The van der Waals surface area contributed by atoms with Crippen molar-refractivity contribution in [2.45, 2.75) is 17.2 Å². The normalized spacial score (nSPS) is 16.7. The number of thiophene rings is 1. The number of hydrogen-bond acceptors (Lipinski definition) is 5. The van der Waals surface area contributed by atoms with Crippen molar-refractivity contribution in [1.29, 1.82) is 0 Å². The first-order chi connectivity index (χ1) is 9.96. The summed E-state index contributed by atoms with van der Waals surface area (Å²) in [6.07, 6.45) is 1.48. The number of sulfonamides is 1. The molecule has 0 aromatic carbocycles. The number of hydrogen-bond donors (Lipinski definition) is 0. The zero-order valence-electron chi connectivity index (χ0n) is 11.2. The average Bonchev–Trinajstić information content (AvgIpc) is 2.82. The van der Waals surface area contributed by atoms with E-state index < -0.39 is 10.0 Å². The summed E-state index contributed by atoms with van der Waals surface area (Å²) in [7, 11) is -3.38. The van der Waals surface area contributed by atoms with Crippen LogP contribution in [0.2, 0.25) is 0 Å². The van der Waals surface area contributed by atoms with Crippen molar-refractivity contribution < 1.29 is 13.2 Å². The molecule has 1 fully saturated rings. The largest absolute Gasteiger partial charge is 0.471 e. The summed E-state index contributed by atoms with van der Waals surface area (Å²) in [6.45, 7) is 2.59. The predicted octanol–water partition coefficient (Wildman–Crippen LogP) is 2.67. The predicted molar refractivity (Wildman–Crippen MR) is 84.2 cm³/mol. The van der Waals surface area contributed by atoms with E-state index >= 15 is 0 Å². The van der Waals surface area contributed by atoms with Crippen LogP contribution in [0.3, 0.4) is 0 Å². The summed E-state index contributed by atoms with van der Waals surface area (Å²) in [4.78, 5) is 5.10. The molecule has 1 saturated heterocycles. The van der Waals surface area contributed by atoms with E-state index in [4.69, 9.17) is 4.74 Å². The minimum atomic E-state index is -3.38. The first-order valence-corrected chi connectivity index (χ1v) is 9.35. The molecule has 0 radical (unpaired) electrons. The molecule has 0 amide bonds. The van der Waals surface area contributed by atoms with Crippen molar-refractivity contribution in [3.63, 3.8) is 0 Å². The van der Waals surface area contributed by atoms with Gasteiger partial charge in [-0.15, -0.1) is 11.3 Å². The van der Waals surface area contributed by atoms with Gasteiger partial charge >= 0.3 is 0 Å². The van der Waals surface area contributed by atoms with Crippen LogP contribution >= 0.6 is 27.3 Å². The van der Waals surface area contributed by atoms with Gasteiger partial charge in [0.2, 0.25) is 5.88 Å². The number of halogens is 1. The number of pyridine rings is 1. The zero-order chi connectivity index (χ0) is 15.0. The fourth-order valence-electron chi connectivity index (χ4n) is 1.97. The van der Waals surface area contributed by atoms with Crippen molar-refractivity contribution in [2.24, 2.45) is 0 Å². The van der Waals surface area contributed by atoms with Gasteiger partial charge in [-0.05, 0) is 47.1 Å². The Morgan fingerprint density at radius 2 is 2.14 bits per heavy atom. The fraction of sp³-hybridized carbons (Fsp3) is 0.308. The number of ether oxygens (including phenoxy) is 1. The highest BCUT2D eigenvalue weighted by Crippen LogP contribution is 2.30. The molecule has 2 aromatic rings. The van der Waals surface area contributed by atoms with Gasteiger partial charge < -0.3 is 4.74 Å². The number of aryl methyl sites for hydroxylation is 1. The maximum atomic E-state index is 12.3. The zero-order valence-corrected chi connectivity index (χ0v) is 14.4. The molecule has 1 aliphatic heterocycles. The van der Waals surface area contributed by atoms with Crippen LogP contribution in [0.5, 0.6) is 5.88 Å². The summed E-state index contributed by atoms with van der Waals surface area (Å²) in [6, 6.07) is 7.10. The minimum absolute atomic E-state index is 0.160. The van der Waals surface area contributed by atoms with E-state index in [2.05, 4.69) is 20.9 Å². The molecule has 1 aliphatic rings. The van der Waals surface area contributed by atoms with Crippen LogP contribution in [-0.2, 0) is 10.0 Å². The lowest BCUT2D eigenvalue weighted by atomic mass is 10.2. The van der Waals surface area contributed by atoms with Crippen LogP contribution < -0.4 is 4.74 Å². The topological polar surface area (TPSA) is 59.5 Å². The lowest BCUT2D eigenvalue weighted by Crippen LogP contribution is -2.55. The van der Waals surface area contributed by atoms with Gasteiger partial charge in [-0.2, -0.15) is 4.31 Å². The van der Waals surface area contributed by atoms with Crippen LogP contribution in [0.4, 0.5) is 0 Å². The van der Waals surface area contributed by atoms with Gasteiger partial charge in [0, 0.05) is 11.1 Å². The Balaban J connectivity index is 1.65. The molecule has 0 N–H and O–H groups in total. The molecule has 0 saturated carbocycles. The second-order valence-electron chi connectivity index (χ2n) is 4.72. The van der Waals surface area contributed by atoms with Crippen molar-refractivity contribution in [3.05, 3.63) is 39.8 Å². The third-order valence-corrected chi connectivity index (χ3v) is 7.03. The molecule has 8 heteroatoms. The van der Waals surface area contributed by atoms with E-state index in [1.165, 1.54) is 15.6 Å². The van der Waals surface area contributed by atoms with Gasteiger partial charge in [-0.1, -0.05) is 0 Å². The molecule has 21 heavy (non-hydrogen) atoms. The average molecular weight is 389 g/mol. The maximum Gasteiger partial charge on any atom is 0.252 e. The monoisotopic (exact) mass is 388 g/mol. The Bertz CT molecular complexity index is 754. The van der Waals surface area contributed by atoms with Crippen LogP contribution in [0.15, 0.2) is 39.1 Å². The molecule has 5 nitrogen and oxygen atoms in total. The Morgan fingerprint density at radius 3 is 2.76 bits per heavy atom. The summed E-state index contributed by atoms with van der Waals surface area (Å²) >= 11 is 4.64. The van der Waals surface area contributed by atoms with Gasteiger partial charge in [0.1, 0.15) is 10.3 Å². The third-order valence-electron chi connectivity index (χ3n) is 3.13. The van der Waals surface area contributed by atoms with Gasteiger partial charge in [0.15, 0.2) is 0 Å². The number of rotatable bonds is 4. The van der Waals surface area contributed by atoms with Gasteiger partial charge in [-0.3, -0.25) is 0 Å². The third kappa shape index (κ3) is 2.98. The first kappa shape index (κ1) is 15.0. The molecule has 0 unspecified atom stereocenters. The van der Waals surface area contributed by atoms with E-state index in [-0.39, 0.29) is 6.10 Å². The lowest BCUT2D eigenvalue weighted by molar-refractivity contribution is 0.0715. The smallest absolute Gasteiger partial charge is 0.252 e. The van der Waals surface area contributed by atoms with Crippen molar-refractivity contribution in [2.75, 3.05) is 13.1 Å². The summed E-state index contributed by atoms with van der Waals surface area (Å²) in [5.41, 5.74) is 0. The highest BCUT2D eigenvalue weighted by atomic mass is 79.9.